The van der Waals surface area contributed by atoms with E-state index < -0.39 is 32.5 Å². The highest BCUT2D eigenvalue weighted by Crippen LogP contribution is 2.28. The molecular formula is C11H8F2N2O4S2. The summed E-state index contributed by atoms with van der Waals surface area (Å²) < 4.78 is 56.1. The molecule has 2 aromatic rings. The summed E-state index contributed by atoms with van der Waals surface area (Å²) in [6.45, 7) is 1.40. The van der Waals surface area contributed by atoms with E-state index in [4.69, 9.17) is 5.11 Å². The Labute approximate surface area is 122 Å². The van der Waals surface area contributed by atoms with Crippen LogP contribution in [0.25, 0.3) is 0 Å². The van der Waals surface area contributed by atoms with E-state index in [2.05, 4.69) is 4.37 Å². The predicted octanol–water partition coefficient (Wildman–Crippen LogP) is 2.23. The Morgan fingerprint density at radius 3 is 2.62 bits per heavy atom. The van der Waals surface area contributed by atoms with Crippen LogP contribution in [-0.2, 0) is 10.0 Å². The number of benzene rings is 1. The summed E-state index contributed by atoms with van der Waals surface area (Å²) in [4.78, 5) is 10.3. The molecule has 0 aliphatic heterocycles. The second-order valence-electron chi connectivity index (χ2n) is 3.96. The van der Waals surface area contributed by atoms with Crippen molar-refractivity contribution in [2.24, 2.45) is 0 Å². The van der Waals surface area contributed by atoms with Gasteiger partial charge in [-0.2, -0.15) is 4.37 Å². The van der Waals surface area contributed by atoms with Crippen LogP contribution in [0.1, 0.15) is 16.1 Å². The predicted molar refractivity (Wildman–Crippen MR) is 71.0 cm³/mol. The van der Waals surface area contributed by atoms with Gasteiger partial charge in [0.1, 0.15) is 27.1 Å². The molecule has 0 radical (unpaired) electrons. The Hall–Kier alpha value is -2.07. The summed E-state index contributed by atoms with van der Waals surface area (Å²) in [6, 6.07) is 1.96. The van der Waals surface area contributed by atoms with Gasteiger partial charge in [0, 0.05) is 6.07 Å². The van der Waals surface area contributed by atoms with Crippen molar-refractivity contribution in [1.82, 2.24) is 4.37 Å². The zero-order valence-electron chi connectivity index (χ0n) is 10.4. The number of nitrogens with zero attached hydrogens (tertiary/aromatic N) is 1. The highest BCUT2D eigenvalue weighted by molar-refractivity contribution is 7.93. The fraction of sp³-hybridized carbons (Fsp3) is 0.0909. The molecule has 1 aromatic heterocycles. The van der Waals surface area contributed by atoms with Crippen molar-refractivity contribution in [3.05, 3.63) is 41.1 Å². The Bertz CT molecular complexity index is 818. The second kappa shape index (κ2) is 5.37. The maximum Gasteiger partial charge on any atom is 0.340 e. The average Bonchev–Trinajstić information content (AvgIpc) is 2.68. The van der Waals surface area contributed by atoms with Gasteiger partial charge < -0.3 is 5.11 Å². The summed E-state index contributed by atoms with van der Waals surface area (Å²) in [5.41, 5.74) is -0.184. The SMILES string of the molecule is Cc1nsc(NS(=O)(=O)c2ccc(F)cc2F)c1C(=O)O. The van der Waals surface area contributed by atoms with E-state index in [9.17, 15) is 22.0 Å². The molecule has 2 rings (SSSR count). The maximum atomic E-state index is 13.5. The highest BCUT2D eigenvalue weighted by Gasteiger charge is 2.25. The van der Waals surface area contributed by atoms with Crippen molar-refractivity contribution >= 4 is 32.5 Å². The van der Waals surface area contributed by atoms with Crippen molar-refractivity contribution < 1.29 is 27.1 Å². The molecule has 10 heteroatoms. The molecular weight excluding hydrogens is 326 g/mol. The van der Waals surface area contributed by atoms with Crippen LogP contribution >= 0.6 is 11.5 Å². The Morgan fingerprint density at radius 2 is 2.05 bits per heavy atom. The Morgan fingerprint density at radius 1 is 1.38 bits per heavy atom. The molecule has 0 aliphatic rings. The summed E-state index contributed by atoms with van der Waals surface area (Å²) in [5, 5.41) is 8.76. The molecule has 0 spiro atoms. The van der Waals surface area contributed by atoms with Gasteiger partial charge >= 0.3 is 5.97 Å². The third-order valence-electron chi connectivity index (χ3n) is 2.49. The fourth-order valence-corrected chi connectivity index (χ4v) is 3.70. The van der Waals surface area contributed by atoms with Gasteiger partial charge in [0.2, 0.25) is 0 Å². The standard InChI is InChI=1S/C11H8F2N2O4S2/c1-5-9(11(16)17)10(20-14-5)15-21(18,19)8-3-2-6(12)4-7(8)13/h2-4,15H,1H3,(H,16,17). The average molecular weight is 334 g/mol. The van der Waals surface area contributed by atoms with Crippen LogP contribution < -0.4 is 4.72 Å². The number of rotatable bonds is 4. The number of carbonyl (C=O) groups is 1. The van der Waals surface area contributed by atoms with Crippen LogP contribution in [0.4, 0.5) is 13.8 Å². The van der Waals surface area contributed by atoms with E-state index in [0.717, 1.165) is 12.1 Å². The summed E-state index contributed by atoms with van der Waals surface area (Å²) in [7, 11) is -4.39. The van der Waals surface area contributed by atoms with Crippen molar-refractivity contribution in [2.75, 3.05) is 4.72 Å². The molecule has 0 saturated carbocycles. The van der Waals surface area contributed by atoms with Crippen molar-refractivity contribution in [3.63, 3.8) is 0 Å². The van der Waals surface area contributed by atoms with Crippen LogP contribution in [0.5, 0.6) is 0 Å². The fourth-order valence-electron chi connectivity index (χ4n) is 1.56. The lowest BCUT2D eigenvalue weighted by Gasteiger charge is -2.07. The number of aryl methyl sites for hydroxylation is 1. The van der Waals surface area contributed by atoms with E-state index in [-0.39, 0.29) is 16.3 Å². The highest BCUT2D eigenvalue weighted by atomic mass is 32.2. The molecule has 1 aromatic carbocycles. The Balaban J connectivity index is 2.45. The molecule has 21 heavy (non-hydrogen) atoms. The monoisotopic (exact) mass is 334 g/mol. The van der Waals surface area contributed by atoms with E-state index in [1.165, 1.54) is 6.92 Å². The zero-order chi connectivity index (χ0) is 15.8. The van der Waals surface area contributed by atoms with Gasteiger partial charge in [-0.25, -0.2) is 22.0 Å². The Kier molecular flexibility index (Phi) is 3.92. The van der Waals surface area contributed by atoms with Gasteiger partial charge in [0.25, 0.3) is 10.0 Å². The number of aromatic carboxylic acids is 1. The minimum atomic E-state index is -4.39. The number of anilines is 1. The molecule has 0 unspecified atom stereocenters. The van der Waals surface area contributed by atoms with E-state index >= 15 is 0 Å². The first kappa shape index (κ1) is 15.3. The minimum absolute atomic E-state index is 0.129. The van der Waals surface area contributed by atoms with Crippen LogP contribution in [0.15, 0.2) is 23.1 Å². The molecule has 0 bridgehead atoms. The van der Waals surface area contributed by atoms with Gasteiger partial charge in [-0.05, 0) is 30.6 Å². The van der Waals surface area contributed by atoms with Crippen LogP contribution in [0, 0.1) is 18.6 Å². The first-order chi connectivity index (χ1) is 9.72. The quantitative estimate of drug-likeness (QED) is 0.894. The minimum Gasteiger partial charge on any atom is -0.478 e. The zero-order valence-corrected chi connectivity index (χ0v) is 12.1. The number of hydrogen-bond donors (Lipinski definition) is 2. The van der Waals surface area contributed by atoms with Crippen LogP contribution in [0.2, 0.25) is 0 Å². The van der Waals surface area contributed by atoms with E-state index in [0.29, 0.717) is 17.6 Å². The molecule has 112 valence electrons. The number of aromatic nitrogens is 1. The third-order valence-corrected chi connectivity index (χ3v) is 4.85. The molecule has 1 heterocycles. The normalized spacial score (nSPS) is 11.4. The van der Waals surface area contributed by atoms with Crippen molar-refractivity contribution in [3.8, 4) is 0 Å². The molecule has 0 atom stereocenters. The number of carboxylic acids is 1. The largest absolute Gasteiger partial charge is 0.478 e. The maximum absolute atomic E-state index is 13.5. The second-order valence-corrected chi connectivity index (χ2v) is 6.38. The third kappa shape index (κ3) is 3.00. The number of nitrogens with one attached hydrogen (secondary N) is 1. The number of carboxylic acid groups (broad SMARTS) is 1. The number of halogens is 2. The van der Waals surface area contributed by atoms with E-state index in [1.54, 1.807) is 0 Å². The van der Waals surface area contributed by atoms with Crippen molar-refractivity contribution in [1.29, 1.82) is 0 Å². The molecule has 0 saturated heterocycles. The molecule has 0 fully saturated rings. The lowest BCUT2D eigenvalue weighted by Crippen LogP contribution is -2.16. The number of sulfonamides is 1. The van der Waals surface area contributed by atoms with Gasteiger partial charge in [0.05, 0.1) is 5.69 Å². The van der Waals surface area contributed by atoms with Crippen LogP contribution in [0.3, 0.4) is 0 Å². The van der Waals surface area contributed by atoms with Gasteiger partial charge in [-0.3, -0.25) is 4.72 Å². The van der Waals surface area contributed by atoms with Gasteiger partial charge in [-0.1, -0.05) is 0 Å². The summed E-state index contributed by atoms with van der Waals surface area (Å²) in [6.07, 6.45) is 0. The topological polar surface area (TPSA) is 96.4 Å². The molecule has 0 amide bonds. The molecule has 2 N–H and O–H groups in total. The molecule has 6 nitrogen and oxygen atoms in total. The lowest BCUT2D eigenvalue weighted by molar-refractivity contribution is 0.0697. The van der Waals surface area contributed by atoms with Crippen LogP contribution in [-0.4, -0.2) is 23.9 Å². The lowest BCUT2D eigenvalue weighted by atomic mass is 10.2. The summed E-state index contributed by atoms with van der Waals surface area (Å²) >= 11 is 0.617. The first-order valence-corrected chi connectivity index (χ1v) is 7.65. The summed E-state index contributed by atoms with van der Waals surface area (Å²) in [5.74, 6) is -3.56. The first-order valence-electron chi connectivity index (χ1n) is 5.40. The smallest absolute Gasteiger partial charge is 0.340 e. The number of hydrogen-bond acceptors (Lipinski definition) is 5. The van der Waals surface area contributed by atoms with Crippen molar-refractivity contribution in [2.45, 2.75) is 11.8 Å². The molecule has 0 aliphatic carbocycles. The van der Waals surface area contributed by atoms with Gasteiger partial charge in [-0.15, -0.1) is 0 Å². The van der Waals surface area contributed by atoms with E-state index in [1.807, 2.05) is 4.72 Å². The van der Waals surface area contributed by atoms with Gasteiger partial charge in [0.15, 0.2) is 0 Å².